The second kappa shape index (κ2) is 31.2. The third-order valence-corrected chi connectivity index (χ3v) is 27.3. The molecule has 28 rings (SSSR count). The van der Waals surface area contributed by atoms with E-state index >= 15 is 0 Å². The summed E-state index contributed by atoms with van der Waals surface area (Å²) in [6.45, 7) is 0. The quantitative estimate of drug-likeness (QED) is 0.146. The topological polar surface area (TPSA) is 151 Å². The van der Waals surface area contributed by atoms with Crippen molar-refractivity contribution in [3.8, 4) is 114 Å². The van der Waals surface area contributed by atoms with Crippen LogP contribution in [0, 0.1) is 34.0 Å². The highest BCUT2D eigenvalue weighted by Crippen LogP contribution is 2.51. The SMILES string of the molecule is N#Cc1cc(-n2c3ccc(-c4ccc(-c5ccc6ccccc6c5)cc4)cc3c3c4ccccc4ccc32)nc2ccccc12.N#Cc1nc(-n2c3ccc(-c4ccc(-c5ccc6ccccc6c5)cc4)cc3c3c4ccccc4ccc32)nc2ccccc12.N#Cc1nc(-n2c3ccc(-c4ccc5c6c(cccc46)-c4ccccc4-5)cc3c3c4ccccc4ccc32)nc2ccccc12. The molecule has 0 saturated heterocycles. The van der Waals surface area contributed by atoms with E-state index in [9.17, 15) is 15.8 Å². The zero-order valence-corrected chi connectivity index (χ0v) is 72.4. The number of nitriles is 3. The van der Waals surface area contributed by atoms with Gasteiger partial charge in [0.05, 0.1) is 61.3 Å². The maximum absolute atomic E-state index is 10.0. The number of rotatable bonds is 8. The molecule has 0 atom stereocenters. The molecular formula is C124H71N11. The largest absolute Gasteiger partial charge is 0.294 e. The third-order valence-electron chi connectivity index (χ3n) is 27.3. The van der Waals surface area contributed by atoms with Crippen LogP contribution in [0.5, 0.6) is 0 Å². The Morgan fingerprint density at radius 3 is 0.956 bits per heavy atom. The van der Waals surface area contributed by atoms with Crippen molar-refractivity contribution >= 4 is 163 Å². The molecule has 0 bridgehead atoms. The van der Waals surface area contributed by atoms with Gasteiger partial charge in [0, 0.05) is 48.5 Å². The standard InChI is InChI=1S/C42H25N3.C41H22N4.C41H24N4/c43-26-34-25-41(44-38-12-6-5-10-35(34)38)45-39-21-20-33(24-37(39)42-36-11-4-3-8-30(36)19-22-40(42)45)29-15-13-28(14-16-29)32-18-17-27-7-1-2-9-31(27)23-32;42-23-36-33-12-5-6-15-35(33)43-41(44-36)45-37-20-17-25(22-34(37)40-27-9-2-1-8-24(27)16-21-38(40)45)26-18-19-32-29-11-4-3-10-28(29)31-14-7-13-30(26)39(31)32;42-25-37-34-11-5-6-12-36(34)43-41(44-37)45-38-21-20-32(24-35(38)40-33-10-4-3-8-29(33)19-22-39(40)45)28-15-13-27(14-16-28)31-18-17-26-7-1-2-9-30(26)23-31/h1-25H;1-22H;1-24H. The number of hydrogen-bond donors (Lipinski definition) is 0. The average molecular weight is 1720 g/mol. The van der Waals surface area contributed by atoms with Crippen LogP contribution in [-0.2, 0) is 0 Å². The van der Waals surface area contributed by atoms with E-state index in [-0.39, 0.29) is 0 Å². The first-order valence-corrected chi connectivity index (χ1v) is 45.2. The minimum atomic E-state index is 0.370. The molecule has 6 heterocycles. The summed E-state index contributed by atoms with van der Waals surface area (Å²) < 4.78 is 6.41. The van der Waals surface area contributed by atoms with Crippen LogP contribution in [0.3, 0.4) is 0 Å². The molecule has 0 saturated carbocycles. The van der Waals surface area contributed by atoms with Crippen LogP contribution >= 0.6 is 0 Å². The lowest BCUT2D eigenvalue weighted by Crippen LogP contribution is -2.03. The summed E-state index contributed by atoms with van der Waals surface area (Å²) >= 11 is 0. The first-order valence-electron chi connectivity index (χ1n) is 45.2. The lowest BCUT2D eigenvalue weighted by Gasteiger charge is -2.11. The van der Waals surface area contributed by atoms with Gasteiger partial charge >= 0.3 is 0 Å². The predicted octanol–water partition coefficient (Wildman–Crippen LogP) is 31.3. The van der Waals surface area contributed by atoms with E-state index in [0.29, 0.717) is 28.8 Å². The van der Waals surface area contributed by atoms with Crippen LogP contribution < -0.4 is 0 Å². The smallest absolute Gasteiger partial charge is 0.236 e. The molecule has 21 aromatic carbocycles. The minimum Gasteiger partial charge on any atom is -0.294 e. The van der Waals surface area contributed by atoms with E-state index in [1.807, 2.05) is 78.9 Å². The van der Waals surface area contributed by atoms with E-state index in [0.717, 1.165) is 126 Å². The molecule has 0 fully saturated rings. The van der Waals surface area contributed by atoms with E-state index < -0.39 is 0 Å². The highest BCUT2D eigenvalue weighted by Gasteiger charge is 2.27. The van der Waals surface area contributed by atoms with Crippen molar-refractivity contribution < 1.29 is 0 Å². The van der Waals surface area contributed by atoms with Gasteiger partial charge in [-0.25, -0.2) is 24.9 Å². The Balaban J connectivity index is 0.000000105. The summed E-state index contributed by atoms with van der Waals surface area (Å²) in [5.41, 5.74) is 26.8. The Labute approximate surface area is 773 Å². The fraction of sp³-hybridized carbons (Fsp3) is 0. The van der Waals surface area contributed by atoms with Crippen molar-refractivity contribution in [2.24, 2.45) is 0 Å². The molecule has 0 aliphatic heterocycles. The first-order chi connectivity index (χ1) is 66.8. The summed E-state index contributed by atoms with van der Waals surface area (Å²) in [6, 6.07) is 158. The van der Waals surface area contributed by atoms with Crippen LogP contribution in [0.1, 0.15) is 17.0 Å². The fourth-order valence-electron chi connectivity index (χ4n) is 21.0. The van der Waals surface area contributed by atoms with Gasteiger partial charge in [-0.2, -0.15) is 15.8 Å². The summed E-state index contributed by atoms with van der Waals surface area (Å²) in [6.07, 6.45) is 0. The molecular weight excluding hydrogens is 1640 g/mol. The molecule has 11 nitrogen and oxygen atoms in total. The number of benzene rings is 21. The van der Waals surface area contributed by atoms with Crippen molar-refractivity contribution in [2.45, 2.75) is 0 Å². The number of nitrogens with zero attached hydrogens (tertiary/aromatic N) is 11. The van der Waals surface area contributed by atoms with Gasteiger partial charge < -0.3 is 0 Å². The Hall–Kier alpha value is -18.9. The molecule has 27 aromatic rings. The summed E-state index contributed by atoms with van der Waals surface area (Å²) in [5.74, 6) is 1.73. The normalized spacial score (nSPS) is 11.7. The van der Waals surface area contributed by atoms with Gasteiger partial charge in [0.1, 0.15) is 18.0 Å². The van der Waals surface area contributed by atoms with Crippen molar-refractivity contribution in [2.75, 3.05) is 0 Å². The highest BCUT2D eigenvalue weighted by atomic mass is 15.2. The third kappa shape index (κ3) is 12.7. The molecule has 0 spiro atoms. The minimum absolute atomic E-state index is 0.370. The van der Waals surface area contributed by atoms with Gasteiger partial charge in [-0.3, -0.25) is 13.7 Å². The van der Waals surface area contributed by atoms with Crippen molar-refractivity contribution in [3.63, 3.8) is 0 Å². The lowest BCUT2D eigenvalue weighted by molar-refractivity contribution is 1.00. The Bertz CT molecular complexity index is 9480. The van der Waals surface area contributed by atoms with E-state index in [2.05, 4.69) is 384 Å². The van der Waals surface area contributed by atoms with Crippen molar-refractivity contribution in [3.05, 3.63) is 448 Å². The molecule has 6 aromatic heterocycles. The summed E-state index contributed by atoms with van der Waals surface area (Å²) in [5, 5.41) is 53.9. The zero-order chi connectivity index (χ0) is 89.5. The summed E-state index contributed by atoms with van der Waals surface area (Å²) in [7, 11) is 0. The molecule has 11 heteroatoms. The molecule has 135 heavy (non-hydrogen) atoms. The predicted molar refractivity (Wildman–Crippen MR) is 555 cm³/mol. The molecule has 0 radical (unpaired) electrons. The molecule has 0 N–H and O–H groups in total. The second-order valence-electron chi connectivity index (χ2n) is 34.6. The van der Waals surface area contributed by atoms with Crippen LogP contribution in [0.25, 0.3) is 258 Å². The second-order valence-corrected chi connectivity index (χ2v) is 34.6. The zero-order valence-electron chi connectivity index (χ0n) is 72.4. The van der Waals surface area contributed by atoms with Gasteiger partial charge in [-0.15, -0.1) is 0 Å². The van der Waals surface area contributed by atoms with E-state index in [1.54, 1.807) is 0 Å². The van der Waals surface area contributed by atoms with Crippen LogP contribution in [0.2, 0.25) is 0 Å². The van der Waals surface area contributed by atoms with Crippen molar-refractivity contribution in [1.82, 2.24) is 38.6 Å². The number of aromatic nitrogens is 8. The number of hydrogen-bond acceptors (Lipinski definition) is 8. The van der Waals surface area contributed by atoms with Gasteiger partial charge in [0.2, 0.25) is 11.9 Å². The maximum atomic E-state index is 10.0. The monoisotopic (exact) mass is 1710 g/mol. The van der Waals surface area contributed by atoms with Gasteiger partial charge in [0.15, 0.2) is 11.4 Å². The average Bonchev–Trinajstić information content (AvgIpc) is 1.57. The molecule has 0 unspecified atom stereocenters. The molecule has 1 aliphatic rings. The number of para-hydroxylation sites is 3. The maximum Gasteiger partial charge on any atom is 0.236 e. The molecule has 622 valence electrons. The van der Waals surface area contributed by atoms with E-state index in [1.165, 1.54) is 120 Å². The van der Waals surface area contributed by atoms with Gasteiger partial charge in [-0.1, -0.05) is 328 Å². The lowest BCUT2D eigenvalue weighted by atomic mass is 9.93. The Morgan fingerprint density at radius 1 is 0.178 bits per heavy atom. The number of pyridine rings is 1. The summed E-state index contributed by atoms with van der Waals surface area (Å²) in [4.78, 5) is 24.5. The Morgan fingerprint density at radius 2 is 0.496 bits per heavy atom. The Kier molecular flexibility index (Phi) is 17.9. The molecule has 0 amide bonds. The van der Waals surface area contributed by atoms with Gasteiger partial charge in [-0.05, 0) is 246 Å². The van der Waals surface area contributed by atoms with Gasteiger partial charge in [0.25, 0.3) is 0 Å². The number of fused-ring (bicyclic) bond motifs is 23. The highest BCUT2D eigenvalue weighted by molar-refractivity contribution is 6.26. The van der Waals surface area contributed by atoms with Crippen LogP contribution in [0.4, 0.5) is 0 Å². The van der Waals surface area contributed by atoms with Crippen molar-refractivity contribution in [1.29, 1.82) is 15.8 Å². The first kappa shape index (κ1) is 77.3. The fourth-order valence-corrected chi connectivity index (χ4v) is 21.0. The van der Waals surface area contributed by atoms with E-state index in [4.69, 9.17) is 24.9 Å². The molecule has 1 aliphatic carbocycles. The van der Waals surface area contributed by atoms with Crippen LogP contribution in [-0.4, -0.2) is 38.6 Å². The van der Waals surface area contributed by atoms with Crippen LogP contribution in [0.15, 0.2) is 431 Å².